The van der Waals surface area contributed by atoms with Crippen LogP contribution in [0.15, 0.2) is 12.1 Å². The van der Waals surface area contributed by atoms with E-state index in [1.54, 1.807) is 11.8 Å². The first-order valence-electron chi connectivity index (χ1n) is 5.97. The summed E-state index contributed by atoms with van der Waals surface area (Å²) in [6.45, 7) is 2.66. The first kappa shape index (κ1) is 14.4. The maximum atomic E-state index is 14.4. The molecule has 0 aliphatic carbocycles. The lowest BCUT2D eigenvalue weighted by Crippen LogP contribution is -2.47. The van der Waals surface area contributed by atoms with Crippen molar-refractivity contribution in [3.63, 3.8) is 0 Å². The van der Waals surface area contributed by atoms with Gasteiger partial charge in [0.2, 0.25) is 0 Å². The fourth-order valence-corrected chi connectivity index (χ4v) is 2.46. The Morgan fingerprint density at radius 2 is 2.26 bits per heavy atom. The number of nitrogens with zero attached hydrogens (tertiary/aromatic N) is 1. The molecule has 6 heteroatoms. The van der Waals surface area contributed by atoms with Gasteiger partial charge in [0.25, 0.3) is 0 Å². The number of rotatable bonds is 3. The van der Waals surface area contributed by atoms with Gasteiger partial charge in [0, 0.05) is 23.0 Å². The minimum Gasteiger partial charge on any atom is -0.377 e. The molecule has 0 radical (unpaired) electrons. The Morgan fingerprint density at radius 3 is 2.89 bits per heavy atom. The van der Waals surface area contributed by atoms with Crippen LogP contribution in [0.25, 0.3) is 0 Å². The maximum absolute atomic E-state index is 14.4. The molecule has 2 unspecified atom stereocenters. The molecule has 0 N–H and O–H groups in total. The molecular weight excluding hydrogens is 320 g/mol. The van der Waals surface area contributed by atoms with Crippen LogP contribution < -0.4 is 4.90 Å². The van der Waals surface area contributed by atoms with Gasteiger partial charge in [0.05, 0.1) is 18.9 Å². The molecule has 1 aromatic carbocycles. The second kappa shape index (κ2) is 5.96. The van der Waals surface area contributed by atoms with Crippen LogP contribution in [0.5, 0.6) is 0 Å². The molecule has 0 saturated carbocycles. The number of ether oxygens (including phenoxy) is 1. The molecule has 1 fully saturated rings. The van der Waals surface area contributed by atoms with E-state index >= 15 is 0 Å². The van der Waals surface area contributed by atoms with Gasteiger partial charge in [-0.05, 0) is 13.0 Å². The third-order valence-electron chi connectivity index (χ3n) is 3.11. The molecule has 0 aromatic heterocycles. The normalized spacial score (nSPS) is 21.3. The van der Waals surface area contributed by atoms with Gasteiger partial charge >= 0.3 is 0 Å². The summed E-state index contributed by atoms with van der Waals surface area (Å²) >= 11 is 3.24. The fraction of sp³-hybridized carbons (Fsp3) is 0.462. The molecule has 1 aromatic rings. The minimum absolute atomic E-state index is 0.113. The number of carbonyl (C=O) groups is 1. The van der Waals surface area contributed by atoms with Crippen molar-refractivity contribution in [2.45, 2.75) is 17.8 Å². The van der Waals surface area contributed by atoms with E-state index in [2.05, 4.69) is 15.9 Å². The predicted molar refractivity (Wildman–Crippen MR) is 71.7 cm³/mol. The van der Waals surface area contributed by atoms with Crippen LogP contribution in [0, 0.1) is 11.6 Å². The van der Waals surface area contributed by atoms with Crippen LogP contribution in [0.2, 0.25) is 0 Å². The largest absolute Gasteiger partial charge is 0.377 e. The molecule has 3 nitrogen and oxygen atoms in total. The van der Waals surface area contributed by atoms with Crippen LogP contribution in [0.1, 0.15) is 17.3 Å². The number of halogens is 3. The highest BCUT2D eigenvalue weighted by Gasteiger charge is 2.27. The third kappa shape index (κ3) is 2.95. The van der Waals surface area contributed by atoms with Gasteiger partial charge in [-0.15, -0.1) is 0 Å². The molecule has 1 heterocycles. The predicted octanol–water partition coefficient (Wildman–Crippen LogP) is 2.82. The van der Waals surface area contributed by atoms with Crippen molar-refractivity contribution in [3.05, 3.63) is 29.3 Å². The van der Waals surface area contributed by atoms with Gasteiger partial charge in [0.1, 0.15) is 18.1 Å². The van der Waals surface area contributed by atoms with Crippen molar-refractivity contribution in [1.29, 1.82) is 0 Å². The Morgan fingerprint density at radius 1 is 1.53 bits per heavy atom. The van der Waals surface area contributed by atoms with E-state index < -0.39 is 17.7 Å². The molecule has 0 bridgehead atoms. The zero-order chi connectivity index (χ0) is 14.0. The van der Waals surface area contributed by atoms with E-state index in [9.17, 15) is 13.6 Å². The molecule has 104 valence electrons. The Balaban J connectivity index is 2.45. The maximum Gasteiger partial charge on any atom is 0.151 e. The van der Waals surface area contributed by atoms with E-state index in [0.717, 1.165) is 12.1 Å². The van der Waals surface area contributed by atoms with Crippen molar-refractivity contribution in [2.75, 3.05) is 24.7 Å². The molecule has 1 aliphatic rings. The number of aldehydes is 1. The molecule has 0 spiro atoms. The number of hydrogen-bond donors (Lipinski definition) is 0. The van der Waals surface area contributed by atoms with E-state index in [4.69, 9.17) is 4.74 Å². The van der Waals surface area contributed by atoms with Crippen LogP contribution in [-0.2, 0) is 9.53 Å². The van der Waals surface area contributed by atoms with E-state index in [0.29, 0.717) is 19.4 Å². The molecule has 2 rings (SSSR count). The van der Waals surface area contributed by atoms with E-state index in [1.807, 2.05) is 0 Å². The smallest absolute Gasteiger partial charge is 0.151 e. The van der Waals surface area contributed by atoms with Crippen molar-refractivity contribution < 1.29 is 18.3 Å². The van der Waals surface area contributed by atoms with Crippen LogP contribution in [-0.4, -0.2) is 32.1 Å². The van der Waals surface area contributed by atoms with Crippen LogP contribution in [0.4, 0.5) is 14.5 Å². The first-order valence-corrected chi connectivity index (χ1v) is 6.89. The molecule has 2 atom stereocenters. The standard InChI is InChI=1S/C13H14BrF2NO2/c1-8(14)11-4-9(15)5-12(13(11)16)17-2-3-19-7-10(17)6-18/h4-6,8,10H,2-3,7H2,1H3. The molecule has 1 aliphatic heterocycles. The van der Waals surface area contributed by atoms with Gasteiger partial charge in [0.15, 0.2) is 5.82 Å². The number of morpholine rings is 1. The number of anilines is 1. The van der Waals surface area contributed by atoms with E-state index in [1.165, 1.54) is 0 Å². The highest BCUT2D eigenvalue weighted by atomic mass is 79.9. The average Bonchev–Trinajstić information content (AvgIpc) is 2.40. The SMILES string of the molecule is CC(Br)c1cc(F)cc(N2CCOCC2C=O)c1F. The summed E-state index contributed by atoms with van der Waals surface area (Å²) in [5.41, 5.74) is 0.354. The topological polar surface area (TPSA) is 29.5 Å². The quantitative estimate of drug-likeness (QED) is 0.629. The molecular formula is C13H14BrF2NO2. The van der Waals surface area contributed by atoms with Crippen LogP contribution >= 0.6 is 15.9 Å². The van der Waals surface area contributed by atoms with Gasteiger partial charge < -0.3 is 14.4 Å². The Labute approximate surface area is 118 Å². The summed E-state index contributed by atoms with van der Waals surface area (Å²) < 4.78 is 33.2. The second-order valence-corrected chi connectivity index (χ2v) is 5.79. The molecule has 1 saturated heterocycles. The Kier molecular flexibility index (Phi) is 4.52. The zero-order valence-electron chi connectivity index (χ0n) is 10.4. The van der Waals surface area contributed by atoms with Gasteiger partial charge in [-0.2, -0.15) is 0 Å². The highest BCUT2D eigenvalue weighted by molar-refractivity contribution is 9.09. The second-order valence-electron chi connectivity index (χ2n) is 4.42. The zero-order valence-corrected chi connectivity index (χ0v) is 12.0. The number of benzene rings is 1. The summed E-state index contributed by atoms with van der Waals surface area (Å²) in [5.74, 6) is -1.02. The average molecular weight is 334 g/mol. The molecule has 19 heavy (non-hydrogen) atoms. The lowest BCUT2D eigenvalue weighted by Gasteiger charge is -2.34. The number of hydrogen-bond acceptors (Lipinski definition) is 3. The third-order valence-corrected chi connectivity index (χ3v) is 3.60. The summed E-state index contributed by atoms with van der Waals surface area (Å²) in [6.07, 6.45) is 0.695. The van der Waals surface area contributed by atoms with Crippen LogP contribution in [0.3, 0.4) is 0 Å². The van der Waals surface area contributed by atoms with Crippen molar-refractivity contribution >= 4 is 27.9 Å². The minimum atomic E-state index is -0.580. The summed E-state index contributed by atoms with van der Waals surface area (Å²) in [5, 5.41) is 0. The van der Waals surface area contributed by atoms with Crippen molar-refractivity contribution in [2.24, 2.45) is 0 Å². The Hall–Kier alpha value is -1.01. The lowest BCUT2D eigenvalue weighted by atomic mass is 10.1. The summed E-state index contributed by atoms with van der Waals surface area (Å²) in [4.78, 5) is 12.3. The van der Waals surface area contributed by atoms with Crippen molar-refractivity contribution in [3.8, 4) is 0 Å². The van der Waals surface area contributed by atoms with E-state index in [-0.39, 0.29) is 22.7 Å². The number of carbonyl (C=O) groups excluding carboxylic acids is 1. The molecule has 0 amide bonds. The van der Waals surface area contributed by atoms with Gasteiger partial charge in [-0.25, -0.2) is 8.78 Å². The van der Waals surface area contributed by atoms with Gasteiger partial charge in [-0.1, -0.05) is 15.9 Å². The first-order chi connectivity index (χ1) is 9.04. The van der Waals surface area contributed by atoms with Crippen molar-refractivity contribution in [1.82, 2.24) is 0 Å². The Bertz CT molecular complexity index is 482. The highest BCUT2D eigenvalue weighted by Crippen LogP contribution is 2.32. The fourth-order valence-electron chi connectivity index (χ4n) is 2.13. The summed E-state index contributed by atoms with van der Waals surface area (Å²) in [7, 11) is 0. The van der Waals surface area contributed by atoms with Gasteiger partial charge in [-0.3, -0.25) is 0 Å². The monoisotopic (exact) mass is 333 g/mol. The lowest BCUT2D eigenvalue weighted by molar-refractivity contribution is -0.111. The summed E-state index contributed by atoms with van der Waals surface area (Å²) in [6, 6.07) is 1.70. The number of alkyl halides is 1.